The number of hydrogen-bond donors (Lipinski definition) is 2. The molecule has 2 N–H and O–H groups in total. The second-order valence-electron chi connectivity index (χ2n) is 4.49. The predicted molar refractivity (Wildman–Crippen MR) is 54.1 cm³/mol. The van der Waals surface area contributed by atoms with Crippen LogP contribution in [-0.2, 0) is 10.1 Å². The summed E-state index contributed by atoms with van der Waals surface area (Å²) in [5.41, 5.74) is 0. The Hall–Kier alpha value is -1.94. The molecule has 0 fully saturated rings. The second-order valence-corrected chi connectivity index (χ2v) is 5.91. The van der Waals surface area contributed by atoms with Gasteiger partial charge in [-0.1, -0.05) is 0 Å². The fourth-order valence-corrected chi connectivity index (χ4v) is 1.02. The molecule has 1 atom stereocenters. The van der Waals surface area contributed by atoms with Gasteiger partial charge in [-0.25, -0.2) is 17.2 Å². The molecule has 1 unspecified atom stereocenters. The molecule has 0 saturated heterocycles. The van der Waals surface area contributed by atoms with Crippen LogP contribution in [0.5, 0.6) is 0 Å². The molecule has 0 aliphatic rings. The number of hydrogen-bond acceptors (Lipinski definition) is 5. The maximum absolute atomic E-state index is 12.4. The summed E-state index contributed by atoms with van der Waals surface area (Å²) in [6.07, 6.45) is -5.85. The Kier molecular flexibility index (Phi) is 7.76. The van der Waals surface area contributed by atoms with Crippen molar-refractivity contribution in [3.63, 3.8) is 0 Å². The number of halogens is 11. The van der Waals surface area contributed by atoms with Crippen LogP contribution >= 0.6 is 0 Å². The van der Waals surface area contributed by atoms with Gasteiger partial charge in [0.25, 0.3) is 0 Å². The summed E-state index contributed by atoms with van der Waals surface area (Å²) in [6.45, 7) is -0.893. The standard InChI is InChI=1S/C6H7F7O.C2H2F4O4S.Rf/c1-3(7,8)5(11,12)6(13,14)4(2,9)10;3-1(4,7)2(5,6)11(8,9)10;/h14H,1-2H3;7H,(H,8,9,10);/p-1. The fraction of sp³-hybridized carbons (Fsp3) is 1.00. The van der Waals surface area contributed by atoms with Gasteiger partial charge in [-0.3, -0.25) is 0 Å². The molecule has 5 nitrogen and oxygen atoms in total. The molecule has 0 bridgehead atoms. The molecule has 0 radical (unpaired) electrons. The van der Waals surface area contributed by atoms with Gasteiger partial charge >= 0.3 is 35.0 Å². The van der Waals surface area contributed by atoms with Crippen molar-refractivity contribution < 1.29 is 71.5 Å². The minimum absolute atomic E-state index is 0. The van der Waals surface area contributed by atoms with Crippen LogP contribution in [0.15, 0.2) is 0 Å². The first-order valence-corrected chi connectivity index (χ1v) is 6.64. The minimum atomic E-state index is -6.54. The minimum Gasteiger partial charge on any atom is -0.743 e. The Bertz CT molecular complexity index is 537. The SMILES string of the molecule is CC(F)(F)C(O)(F)C(F)(F)C(C)(F)F.O=S(=O)([O-])C(F)(F)C(O)(F)F.[Rf]. The fourth-order valence-electron chi connectivity index (χ4n) is 0.717. The van der Waals surface area contributed by atoms with Crippen molar-refractivity contribution in [1.29, 1.82) is 0 Å². The van der Waals surface area contributed by atoms with Crippen molar-refractivity contribution in [2.75, 3.05) is 0 Å². The van der Waals surface area contributed by atoms with Crippen molar-refractivity contribution >= 4 is 10.1 Å². The van der Waals surface area contributed by atoms with E-state index < -0.39 is 59.0 Å². The van der Waals surface area contributed by atoms with Crippen molar-refractivity contribution in [2.45, 2.75) is 48.8 Å². The van der Waals surface area contributed by atoms with Gasteiger partial charge in [0.2, 0.25) is 0 Å². The molecule has 0 aromatic rings. The smallest absolute Gasteiger partial charge is 0.431 e. The number of rotatable bonds is 5. The summed E-state index contributed by atoms with van der Waals surface area (Å²) < 4.78 is 159. The molecular weight excluding hydrogens is 684 g/mol. The summed E-state index contributed by atoms with van der Waals surface area (Å²) in [5.74, 6) is -21.6. The van der Waals surface area contributed by atoms with E-state index in [0.29, 0.717) is 0 Å². The van der Waals surface area contributed by atoms with Crippen LogP contribution in [0.2, 0.25) is 0 Å². The largest absolute Gasteiger partial charge is 0.743 e. The van der Waals surface area contributed by atoms with E-state index in [1.54, 1.807) is 0 Å². The summed E-state index contributed by atoms with van der Waals surface area (Å²) in [6, 6.07) is 0. The van der Waals surface area contributed by atoms with Crippen LogP contribution < -0.4 is 0 Å². The number of aliphatic hydroxyl groups is 2. The molecule has 156 valence electrons. The molecule has 0 aromatic carbocycles. The van der Waals surface area contributed by atoms with Crippen molar-refractivity contribution in [1.82, 2.24) is 0 Å². The molecule has 0 aromatic heterocycles. The van der Waals surface area contributed by atoms with Crippen LogP contribution in [0.3, 0.4) is 0 Å². The van der Waals surface area contributed by atoms with E-state index in [1.807, 2.05) is 0 Å². The Labute approximate surface area is 131 Å². The third kappa shape index (κ3) is 5.28. The van der Waals surface area contributed by atoms with Crippen molar-refractivity contribution in [3.05, 3.63) is 0 Å². The Morgan fingerprint density at radius 3 is 1.04 bits per heavy atom. The Morgan fingerprint density at radius 1 is 0.731 bits per heavy atom. The monoisotopic (exact) mass is 692 g/mol. The third-order valence-electron chi connectivity index (χ3n) is 2.21. The quantitative estimate of drug-likeness (QED) is 0.341. The van der Waals surface area contributed by atoms with E-state index >= 15 is 0 Å². The molecule has 18 heteroatoms. The summed E-state index contributed by atoms with van der Waals surface area (Å²) in [7, 11) is -6.54. The van der Waals surface area contributed by atoms with Crippen LogP contribution in [0.25, 0.3) is 0 Å². The molecule has 0 rings (SSSR count). The Morgan fingerprint density at radius 2 is 1.00 bits per heavy atom. The average molecular weight is 692 g/mol. The summed E-state index contributed by atoms with van der Waals surface area (Å²) >= 11 is 0. The zero-order valence-electron chi connectivity index (χ0n) is 12.4. The third-order valence-corrected chi connectivity index (χ3v) is 3.09. The van der Waals surface area contributed by atoms with Gasteiger partial charge in [-0.05, 0) is 0 Å². The van der Waals surface area contributed by atoms with E-state index in [9.17, 15) is 61.3 Å². The molecule has 0 aliphatic carbocycles. The van der Waals surface area contributed by atoms with Crippen LogP contribution in [0.1, 0.15) is 13.8 Å². The summed E-state index contributed by atoms with van der Waals surface area (Å²) in [4.78, 5) is 0. The van der Waals surface area contributed by atoms with Gasteiger partial charge in [0.1, 0.15) is 0 Å². The molecule has 26 heavy (non-hydrogen) atoms. The first-order chi connectivity index (χ1) is 10.2. The van der Waals surface area contributed by atoms with E-state index in [0.717, 1.165) is 0 Å². The van der Waals surface area contributed by atoms with E-state index in [-0.39, 0.29) is 0 Å². The zero-order chi connectivity index (χ0) is 21.5. The van der Waals surface area contributed by atoms with E-state index in [2.05, 4.69) is 0 Å². The zero-order valence-corrected chi connectivity index (χ0v) is 19.6. The maximum Gasteiger partial charge on any atom is 0.431 e. The van der Waals surface area contributed by atoms with Gasteiger partial charge < -0.3 is 14.8 Å². The predicted octanol–water partition coefficient (Wildman–Crippen LogP) is 2.30. The van der Waals surface area contributed by atoms with Crippen molar-refractivity contribution in [2.24, 2.45) is 0 Å². The molecule has 0 spiro atoms. The van der Waals surface area contributed by atoms with E-state index in [4.69, 9.17) is 10.2 Å². The summed E-state index contributed by atoms with van der Waals surface area (Å²) in [5, 5.41) is 9.30. The van der Waals surface area contributed by atoms with Crippen LogP contribution in [-0.4, -0.2) is 58.2 Å². The van der Waals surface area contributed by atoms with Crippen LogP contribution in [0, 0.1) is 0 Å². The van der Waals surface area contributed by atoms with Crippen molar-refractivity contribution in [3.8, 4) is 0 Å². The Balaban J connectivity index is -0.000000402. The van der Waals surface area contributed by atoms with Gasteiger partial charge in [-0.2, -0.15) is 39.5 Å². The topological polar surface area (TPSA) is 97.7 Å². The van der Waals surface area contributed by atoms with Gasteiger partial charge in [0.15, 0.2) is 10.1 Å². The molecule has 0 amide bonds. The maximum atomic E-state index is 12.4. The van der Waals surface area contributed by atoms with Crippen LogP contribution in [0.4, 0.5) is 48.3 Å². The number of alkyl halides is 11. The first-order valence-electron chi connectivity index (χ1n) is 5.23. The van der Waals surface area contributed by atoms with Gasteiger partial charge in [0.05, 0.1) is 0 Å². The first kappa shape index (κ1) is 28.8. The molecule has 0 heterocycles. The molecule has 0 aliphatic heterocycles. The average Bonchev–Trinajstić information content (AvgIpc) is 2.23. The van der Waals surface area contributed by atoms with E-state index in [1.165, 1.54) is 0 Å². The normalized spacial score (nSPS) is 16.8. The molecular formula is C8H8F11O5RfS-. The second kappa shape index (κ2) is 6.99. The van der Waals surface area contributed by atoms with Gasteiger partial charge in [0, 0.05) is 13.8 Å². The van der Waals surface area contributed by atoms with Gasteiger partial charge in [-0.15, -0.1) is 0 Å². The molecule has 0 saturated carbocycles.